The van der Waals surface area contributed by atoms with E-state index in [4.69, 9.17) is 4.74 Å². The van der Waals surface area contributed by atoms with Gasteiger partial charge in [-0.15, -0.1) is 0 Å². The van der Waals surface area contributed by atoms with Crippen LogP contribution in [0.25, 0.3) is 0 Å². The first-order chi connectivity index (χ1) is 10.1. The summed E-state index contributed by atoms with van der Waals surface area (Å²) in [5.74, 6) is 0.380. The number of benzene rings is 1. The average Bonchev–Trinajstić information content (AvgIpc) is 2.48. The van der Waals surface area contributed by atoms with Crippen molar-refractivity contribution < 1.29 is 9.53 Å². The number of aromatic amines is 1. The lowest BCUT2D eigenvalue weighted by atomic mass is 10.2. The number of hydrogen-bond donors (Lipinski definition) is 2. The molecule has 21 heavy (non-hydrogen) atoms. The molecule has 0 atom stereocenters. The Hall–Kier alpha value is -2.83. The van der Waals surface area contributed by atoms with Crippen LogP contribution < -0.4 is 21.3 Å². The fourth-order valence-corrected chi connectivity index (χ4v) is 1.76. The van der Waals surface area contributed by atoms with E-state index in [1.165, 1.54) is 12.3 Å². The smallest absolute Gasteiger partial charge is 0.328 e. The van der Waals surface area contributed by atoms with Crippen LogP contribution in [0, 0.1) is 0 Å². The molecule has 1 aromatic carbocycles. The highest BCUT2D eigenvalue weighted by Crippen LogP contribution is 2.11. The zero-order chi connectivity index (χ0) is 15.2. The van der Waals surface area contributed by atoms with Gasteiger partial charge in [-0.05, 0) is 17.7 Å². The molecule has 0 unspecified atom stereocenters. The molecule has 0 radical (unpaired) electrons. The van der Waals surface area contributed by atoms with Crippen LogP contribution in [0.15, 0.2) is 46.1 Å². The van der Waals surface area contributed by atoms with Gasteiger partial charge in [0.1, 0.15) is 12.3 Å². The fraction of sp³-hybridized carbons (Fsp3) is 0.214. The van der Waals surface area contributed by atoms with Crippen LogP contribution in [-0.4, -0.2) is 22.6 Å². The van der Waals surface area contributed by atoms with Crippen molar-refractivity contribution in [1.29, 1.82) is 0 Å². The average molecular weight is 289 g/mol. The summed E-state index contributed by atoms with van der Waals surface area (Å²) >= 11 is 0. The number of aromatic nitrogens is 2. The molecule has 110 valence electrons. The molecule has 7 nitrogen and oxygen atoms in total. The Bertz CT molecular complexity index is 748. The third kappa shape index (κ3) is 4.07. The highest BCUT2D eigenvalue weighted by molar-refractivity contribution is 5.75. The maximum Gasteiger partial charge on any atom is 0.328 e. The molecule has 1 aromatic heterocycles. The first-order valence-electron chi connectivity index (χ1n) is 6.28. The summed E-state index contributed by atoms with van der Waals surface area (Å²) in [7, 11) is 1.57. The van der Waals surface area contributed by atoms with E-state index in [1.54, 1.807) is 7.11 Å². The Balaban J connectivity index is 1.95. The Morgan fingerprint density at radius 3 is 2.86 bits per heavy atom. The largest absolute Gasteiger partial charge is 0.497 e. The fourth-order valence-electron chi connectivity index (χ4n) is 1.76. The van der Waals surface area contributed by atoms with Crippen molar-refractivity contribution >= 4 is 5.91 Å². The third-order valence-corrected chi connectivity index (χ3v) is 2.83. The number of rotatable bonds is 5. The van der Waals surface area contributed by atoms with Crippen LogP contribution in [0.5, 0.6) is 5.75 Å². The van der Waals surface area contributed by atoms with Gasteiger partial charge in [0.2, 0.25) is 5.91 Å². The minimum Gasteiger partial charge on any atom is -0.497 e. The minimum atomic E-state index is -0.612. The molecule has 0 spiro atoms. The molecule has 7 heteroatoms. The summed E-state index contributed by atoms with van der Waals surface area (Å²) in [5.41, 5.74) is -0.219. The van der Waals surface area contributed by atoms with E-state index in [2.05, 4.69) is 10.3 Å². The molecule has 0 aliphatic rings. The van der Waals surface area contributed by atoms with Crippen LogP contribution >= 0.6 is 0 Å². The van der Waals surface area contributed by atoms with Gasteiger partial charge in [0.25, 0.3) is 5.56 Å². The van der Waals surface area contributed by atoms with Crippen molar-refractivity contribution in [2.75, 3.05) is 7.11 Å². The standard InChI is InChI=1S/C14H15N3O4/c1-21-11-4-2-3-10(7-11)8-15-13(19)9-17-6-5-12(18)16-14(17)20/h2-7H,8-9H2,1H3,(H,15,19)(H,16,18,20). The quantitative estimate of drug-likeness (QED) is 0.801. The van der Waals surface area contributed by atoms with Gasteiger partial charge in [-0.1, -0.05) is 12.1 Å². The zero-order valence-electron chi connectivity index (χ0n) is 11.5. The molecule has 0 saturated heterocycles. The number of amides is 1. The minimum absolute atomic E-state index is 0.153. The zero-order valence-corrected chi connectivity index (χ0v) is 11.5. The van der Waals surface area contributed by atoms with Gasteiger partial charge in [-0.3, -0.25) is 19.1 Å². The van der Waals surface area contributed by atoms with E-state index >= 15 is 0 Å². The molecule has 1 heterocycles. The molecule has 0 fully saturated rings. The summed E-state index contributed by atoms with van der Waals surface area (Å²) in [6, 6.07) is 8.50. The lowest BCUT2D eigenvalue weighted by Gasteiger charge is -2.08. The molecule has 2 N–H and O–H groups in total. The maximum absolute atomic E-state index is 11.8. The van der Waals surface area contributed by atoms with Gasteiger partial charge in [0.15, 0.2) is 0 Å². The maximum atomic E-state index is 11.8. The van der Waals surface area contributed by atoms with Crippen LogP contribution in [-0.2, 0) is 17.9 Å². The van der Waals surface area contributed by atoms with E-state index in [-0.39, 0.29) is 12.5 Å². The SMILES string of the molecule is COc1cccc(CNC(=O)Cn2ccc(=O)[nH]c2=O)c1. The first kappa shape index (κ1) is 14.6. The van der Waals surface area contributed by atoms with Crippen LogP contribution in [0.2, 0.25) is 0 Å². The van der Waals surface area contributed by atoms with E-state index in [0.717, 1.165) is 10.1 Å². The molecule has 1 amide bonds. The van der Waals surface area contributed by atoms with Gasteiger partial charge < -0.3 is 10.1 Å². The Morgan fingerprint density at radius 1 is 1.33 bits per heavy atom. The molecule has 2 rings (SSSR count). The summed E-state index contributed by atoms with van der Waals surface area (Å²) in [5, 5.41) is 2.69. The normalized spacial score (nSPS) is 10.1. The summed E-state index contributed by atoms with van der Waals surface area (Å²) in [6.07, 6.45) is 1.28. The lowest BCUT2D eigenvalue weighted by Crippen LogP contribution is -2.35. The van der Waals surface area contributed by atoms with Crippen molar-refractivity contribution in [3.05, 3.63) is 62.9 Å². The topological polar surface area (TPSA) is 93.2 Å². The van der Waals surface area contributed by atoms with Gasteiger partial charge in [-0.2, -0.15) is 0 Å². The van der Waals surface area contributed by atoms with Crippen molar-refractivity contribution in [2.24, 2.45) is 0 Å². The van der Waals surface area contributed by atoms with Gasteiger partial charge in [0.05, 0.1) is 7.11 Å². The van der Waals surface area contributed by atoms with Gasteiger partial charge >= 0.3 is 5.69 Å². The molecular formula is C14H15N3O4. The first-order valence-corrected chi connectivity index (χ1v) is 6.28. The van der Waals surface area contributed by atoms with Gasteiger partial charge in [0, 0.05) is 18.8 Å². The number of methoxy groups -OCH3 is 1. The number of hydrogen-bond acceptors (Lipinski definition) is 4. The van der Waals surface area contributed by atoms with Crippen molar-refractivity contribution in [3.63, 3.8) is 0 Å². The van der Waals surface area contributed by atoms with Gasteiger partial charge in [-0.25, -0.2) is 4.79 Å². The van der Waals surface area contributed by atoms with Crippen LogP contribution in [0.3, 0.4) is 0 Å². The van der Waals surface area contributed by atoms with Crippen LogP contribution in [0.4, 0.5) is 0 Å². The summed E-state index contributed by atoms with van der Waals surface area (Å²) in [6.45, 7) is 0.174. The van der Waals surface area contributed by atoms with E-state index in [0.29, 0.717) is 12.3 Å². The number of carbonyl (C=O) groups is 1. The van der Waals surface area contributed by atoms with Crippen molar-refractivity contribution in [2.45, 2.75) is 13.1 Å². The summed E-state index contributed by atoms with van der Waals surface area (Å²) < 4.78 is 6.22. The summed E-state index contributed by atoms with van der Waals surface area (Å²) in [4.78, 5) is 36.2. The predicted octanol–water partition coefficient (Wildman–Crippen LogP) is -0.138. The number of ether oxygens (including phenoxy) is 1. The van der Waals surface area contributed by atoms with Crippen LogP contribution in [0.1, 0.15) is 5.56 Å². The Morgan fingerprint density at radius 2 is 2.14 bits per heavy atom. The highest BCUT2D eigenvalue weighted by atomic mass is 16.5. The number of nitrogens with zero attached hydrogens (tertiary/aromatic N) is 1. The molecular weight excluding hydrogens is 274 g/mol. The molecule has 0 aliphatic carbocycles. The predicted molar refractivity (Wildman–Crippen MR) is 76.2 cm³/mol. The Kier molecular flexibility index (Phi) is 4.55. The van der Waals surface area contributed by atoms with E-state index in [1.807, 2.05) is 24.3 Å². The molecule has 0 bridgehead atoms. The lowest BCUT2D eigenvalue weighted by molar-refractivity contribution is -0.121. The number of H-pyrrole nitrogens is 1. The second kappa shape index (κ2) is 6.56. The third-order valence-electron chi connectivity index (χ3n) is 2.83. The van der Waals surface area contributed by atoms with Crippen molar-refractivity contribution in [3.8, 4) is 5.75 Å². The molecule has 0 aliphatic heterocycles. The number of nitrogens with one attached hydrogen (secondary N) is 2. The molecule has 0 saturated carbocycles. The van der Waals surface area contributed by atoms with Crippen molar-refractivity contribution in [1.82, 2.24) is 14.9 Å². The second-order valence-corrected chi connectivity index (χ2v) is 4.37. The second-order valence-electron chi connectivity index (χ2n) is 4.37. The monoisotopic (exact) mass is 289 g/mol. The highest BCUT2D eigenvalue weighted by Gasteiger charge is 2.05. The van der Waals surface area contributed by atoms with E-state index in [9.17, 15) is 14.4 Å². The Labute approximate surface area is 120 Å². The number of carbonyl (C=O) groups excluding carboxylic acids is 1. The molecule has 2 aromatic rings. The van der Waals surface area contributed by atoms with E-state index < -0.39 is 11.2 Å².